The largest absolute Gasteiger partial charge is 0.335 e. The third-order valence-corrected chi connectivity index (χ3v) is 5.69. The first-order valence-electron chi connectivity index (χ1n) is 10.7. The highest BCUT2D eigenvalue weighted by Gasteiger charge is 2.42. The number of anilines is 1. The molecule has 30 heavy (non-hydrogen) atoms. The molecule has 1 saturated heterocycles. The highest BCUT2D eigenvalue weighted by molar-refractivity contribution is 6.01. The fourth-order valence-electron chi connectivity index (χ4n) is 3.96. The first kappa shape index (κ1) is 20.2. The monoisotopic (exact) mass is 397 g/mol. The van der Waals surface area contributed by atoms with Gasteiger partial charge in [-0.2, -0.15) is 0 Å². The predicted octanol–water partition coefficient (Wildman–Crippen LogP) is 6.65. The van der Waals surface area contributed by atoms with Crippen LogP contribution in [0, 0.1) is 13.8 Å². The summed E-state index contributed by atoms with van der Waals surface area (Å²) in [6, 6.07) is 28.2. The molecular weight excluding hydrogens is 366 g/mol. The van der Waals surface area contributed by atoms with Gasteiger partial charge in [-0.1, -0.05) is 65.7 Å². The van der Waals surface area contributed by atoms with E-state index in [1.54, 1.807) is 0 Å². The van der Waals surface area contributed by atoms with Crippen LogP contribution in [0.25, 0.3) is 0 Å². The molecule has 1 fully saturated rings. The quantitative estimate of drug-likeness (QED) is 0.492. The summed E-state index contributed by atoms with van der Waals surface area (Å²) in [5, 5.41) is 0. The van der Waals surface area contributed by atoms with Crippen molar-refractivity contribution in [2.45, 2.75) is 46.2 Å². The van der Waals surface area contributed by atoms with Crippen molar-refractivity contribution in [1.29, 1.82) is 0 Å². The van der Waals surface area contributed by atoms with Crippen LogP contribution in [0.15, 0.2) is 83.9 Å². The molecule has 4 rings (SSSR count). The van der Waals surface area contributed by atoms with E-state index in [9.17, 15) is 0 Å². The smallest absolute Gasteiger partial charge is 0.207 e. The number of aryl methyl sites for hydroxylation is 2. The molecule has 0 unspecified atom stereocenters. The van der Waals surface area contributed by atoms with Crippen LogP contribution in [-0.4, -0.2) is 22.9 Å². The van der Waals surface area contributed by atoms with Crippen molar-refractivity contribution in [2.24, 2.45) is 4.99 Å². The lowest BCUT2D eigenvalue weighted by Crippen LogP contribution is -2.45. The molecule has 3 heteroatoms. The van der Waals surface area contributed by atoms with Gasteiger partial charge in [0.15, 0.2) is 0 Å². The predicted molar refractivity (Wildman–Crippen MR) is 128 cm³/mol. The minimum absolute atomic E-state index is 0.0456. The summed E-state index contributed by atoms with van der Waals surface area (Å²) in [5.74, 6) is 1.00. The Morgan fingerprint density at radius 3 is 1.90 bits per heavy atom. The van der Waals surface area contributed by atoms with Crippen LogP contribution in [0.3, 0.4) is 0 Å². The summed E-state index contributed by atoms with van der Waals surface area (Å²) in [7, 11) is 0. The zero-order valence-electron chi connectivity index (χ0n) is 18.6. The molecule has 1 aliphatic heterocycles. The van der Waals surface area contributed by atoms with Crippen molar-refractivity contribution < 1.29 is 0 Å². The second-order valence-corrected chi connectivity index (χ2v) is 9.16. The molecule has 0 amide bonds. The summed E-state index contributed by atoms with van der Waals surface area (Å²) >= 11 is 0. The second kappa shape index (κ2) is 7.98. The van der Waals surface area contributed by atoms with E-state index in [4.69, 9.17) is 4.99 Å². The third-order valence-electron chi connectivity index (χ3n) is 5.69. The Bertz CT molecular complexity index is 1010. The Kier molecular flexibility index (Phi) is 5.38. The summed E-state index contributed by atoms with van der Waals surface area (Å²) in [6.07, 6.45) is 0. The fourth-order valence-corrected chi connectivity index (χ4v) is 3.96. The number of aliphatic imine (C=N–C) groups is 1. The van der Waals surface area contributed by atoms with Crippen molar-refractivity contribution in [3.63, 3.8) is 0 Å². The van der Waals surface area contributed by atoms with Crippen LogP contribution in [0.5, 0.6) is 0 Å². The van der Waals surface area contributed by atoms with Crippen LogP contribution in [0.4, 0.5) is 11.4 Å². The number of hydrogen-bond donors (Lipinski definition) is 0. The van der Waals surface area contributed by atoms with Crippen LogP contribution >= 0.6 is 0 Å². The van der Waals surface area contributed by atoms with E-state index in [0.29, 0.717) is 0 Å². The minimum atomic E-state index is -0.0456. The Balaban J connectivity index is 1.88. The number of benzene rings is 3. The van der Waals surface area contributed by atoms with Gasteiger partial charge in [-0.05, 0) is 64.4 Å². The molecule has 1 atom stereocenters. The number of guanidine groups is 1. The molecule has 0 radical (unpaired) electrons. The van der Waals surface area contributed by atoms with Crippen molar-refractivity contribution in [3.05, 3.63) is 95.6 Å². The molecule has 0 spiro atoms. The lowest BCUT2D eigenvalue weighted by Gasteiger charge is -2.34. The molecule has 0 N–H and O–H groups in total. The first-order chi connectivity index (χ1) is 14.3. The van der Waals surface area contributed by atoms with Crippen LogP contribution < -0.4 is 4.90 Å². The normalized spacial score (nSPS) is 18.3. The van der Waals surface area contributed by atoms with Crippen molar-refractivity contribution in [2.75, 3.05) is 11.4 Å². The van der Waals surface area contributed by atoms with E-state index >= 15 is 0 Å². The lowest BCUT2D eigenvalue weighted by atomic mass is 10.0. The Labute approximate surface area is 180 Å². The van der Waals surface area contributed by atoms with E-state index in [2.05, 4.69) is 123 Å². The molecule has 0 aliphatic carbocycles. The summed E-state index contributed by atoms with van der Waals surface area (Å²) < 4.78 is 0. The molecule has 3 aromatic rings. The van der Waals surface area contributed by atoms with E-state index in [1.165, 1.54) is 22.4 Å². The van der Waals surface area contributed by atoms with E-state index in [-0.39, 0.29) is 11.6 Å². The standard InChI is InChI=1S/C27H31N3/c1-20-11-15-23(16-12-20)28-26-29(27(3,4)5)19-25(22-9-7-6-8-10-22)30(26)24-17-13-21(2)14-18-24/h6-18,25H,19H2,1-5H3/t25-/m1/s1. The molecule has 1 aliphatic rings. The van der Waals surface area contributed by atoms with E-state index in [1.807, 2.05) is 0 Å². The zero-order valence-corrected chi connectivity index (χ0v) is 18.6. The molecule has 0 bridgehead atoms. The Morgan fingerprint density at radius 2 is 1.33 bits per heavy atom. The average molecular weight is 398 g/mol. The highest BCUT2D eigenvalue weighted by atomic mass is 15.5. The van der Waals surface area contributed by atoms with Gasteiger partial charge >= 0.3 is 0 Å². The molecule has 1 heterocycles. The van der Waals surface area contributed by atoms with E-state index < -0.39 is 0 Å². The van der Waals surface area contributed by atoms with Crippen molar-refractivity contribution in [1.82, 2.24) is 4.90 Å². The van der Waals surface area contributed by atoms with Crippen LogP contribution in [-0.2, 0) is 0 Å². The number of nitrogens with zero attached hydrogens (tertiary/aromatic N) is 3. The van der Waals surface area contributed by atoms with Gasteiger partial charge in [0.1, 0.15) is 0 Å². The second-order valence-electron chi connectivity index (χ2n) is 9.16. The summed E-state index contributed by atoms with van der Waals surface area (Å²) in [6.45, 7) is 11.9. The lowest BCUT2D eigenvalue weighted by molar-refractivity contribution is 0.249. The van der Waals surface area contributed by atoms with Gasteiger partial charge in [0.2, 0.25) is 5.96 Å². The average Bonchev–Trinajstić information content (AvgIpc) is 3.10. The Hall–Kier alpha value is -3.07. The molecule has 154 valence electrons. The molecular formula is C27H31N3. The maximum atomic E-state index is 5.17. The highest BCUT2D eigenvalue weighted by Crippen LogP contribution is 2.38. The molecule has 3 nitrogen and oxygen atoms in total. The van der Waals surface area contributed by atoms with Gasteiger partial charge in [-0.3, -0.25) is 0 Å². The fraction of sp³-hybridized carbons (Fsp3) is 0.296. The topological polar surface area (TPSA) is 18.8 Å². The third kappa shape index (κ3) is 4.11. The summed E-state index contributed by atoms with van der Waals surface area (Å²) in [4.78, 5) is 10.0. The molecule has 3 aromatic carbocycles. The first-order valence-corrected chi connectivity index (χ1v) is 10.7. The van der Waals surface area contributed by atoms with Gasteiger partial charge < -0.3 is 9.80 Å². The van der Waals surface area contributed by atoms with Crippen molar-refractivity contribution in [3.8, 4) is 0 Å². The Morgan fingerprint density at radius 1 is 0.767 bits per heavy atom. The van der Waals surface area contributed by atoms with Gasteiger partial charge in [-0.15, -0.1) is 0 Å². The van der Waals surface area contributed by atoms with Crippen LogP contribution in [0.2, 0.25) is 0 Å². The number of hydrogen-bond acceptors (Lipinski definition) is 1. The van der Waals surface area contributed by atoms with E-state index in [0.717, 1.165) is 18.2 Å². The van der Waals surface area contributed by atoms with Crippen molar-refractivity contribution >= 4 is 17.3 Å². The molecule has 0 saturated carbocycles. The van der Waals surface area contributed by atoms with Gasteiger partial charge in [-0.25, -0.2) is 4.99 Å². The maximum Gasteiger partial charge on any atom is 0.207 e. The van der Waals surface area contributed by atoms with Crippen LogP contribution in [0.1, 0.15) is 43.5 Å². The number of rotatable bonds is 3. The van der Waals surface area contributed by atoms with Gasteiger partial charge in [0, 0.05) is 17.8 Å². The van der Waals surface area contributed by atoms with Gasteiger partial charge in [0.25, 0.3) is 0 Å². The maximum absolute atomic E-state index is 5.17. The zero-order chi connectivity index (χ0) is 21.3. The SMILES string of the molecule is Cc1ccc(N=C2N(c3ccc(C)cc3)[C@@H](c3ccccc3)CN2C(C)(C)C)cc1. The summed E-state index contributed by atoms with van der Waals surface area (Å²) in [5.41, 5.74) is 5.93. The van der Waals surface area contributed by atoms with Gasteiger partial charge in [0.05, 0.1) is 11.7 Å². The minimum Gasteiger partial charge on any atom is -0.335 e. The molecule has 0 aromatic heterocycles.